The fourth-order valence-corrected chi connectivity index (χ4v) is 3.17. The molecule has 9 heteroatoms. The Balaban J connectivity index is 1.51. The molecule has 3 aromatic heterocycles. The summed E-state index contributed by atoms with van der Waals surface area (Å²) in [5.41, 5.74) is 1.01. The normalized spacial score (nSPS) is 12.2. The smallest absolute Gasteiger partial charge is 0.262 e. The van der Waals surface area contributed by atoms with E-state index in [1.165, 1.54) is 6.20 Å². The summed E-state index contributed by atoms with van der Waals surface area (Å²) in [6.07, 6.45) is 6.11. The van der Waals surface area contributed by atoms with E-state index in [4.69, 9.17) is 0 Å². The van der Waals surface area contributed by atoms with Gasteiger partial charge in [0.2, 0.25) is 5.91 Å². The number of aromatic nitrogens is 6. The maximum atomic E-state index is 12.4. The van der Waals surface area contributed by atoms with Gasteiger partial charge in [0.1, 0.15) is 17.0 Å². The number of carbonyl (C=O) groups is 1. The molecule has 3 heterocycles. The number of amides is 1. The van der Waals surface area contributed by atoms with Crippen LogP contribution in [0, 0.1) is 0 Å². The Morgan fingerprint density at radius 1 is 1.28 bits per heavy atom. The minimum absolute atomic E-state index is 0.132. The van der Waals surface area contributed by atoms with Gasteiger partial charge in [-0.3, -0.25) is 9.59 Å². The van der Waals surface area contributed by atoms with Gasteiger partial charge in [0.25, 0.3) is 5.56 Å². The van der Waals surface area contributed by atoms with Crippen LogP contribution in [-0.2, 0) is 11.2 Å². The van der Waals surface area contributed by atoms with Crippen LogP contribution in [0.25, 0.3) is 16.7 Å². The number of para-hydroxylation sites is 1. The molecule has 0 aliphatic rings. The minimum atomic E-state index is -0.269. The van der Waals surface area contributed by atoms with E-state index in [0.717, 1.165) is 17.9 Å². The molecule has 0 spiro atoms. The highest BCUT2D eigenvalue weighted by Gasteiger charge is 2.16. The fourth-order valence-electron chi connectivity index (χ4n) is 3.17. The Hall–Kier alpha value is -3.75. The van der Waals surface area contributed by atoms with Crippen LogP contribution in [0.15, 0.2) is 53.7 Å². The molecule has 0 aliphatic carbocycles. The van der Waals surface area contributed by atoms with Crippen molar-refractivity contribution < 1.29 is 4.79 Å². The van der Waals surface area contributed by atoms with Gasteiger partial charge >= 0.3 is 0 Å². The largest absolute Gasteiger partial charge is 0.347 e. The molecule has 1 amide bonds. The zero-order chi connectivity index (χ0) is 20.2. The van der Waals surface area contributed by atoms with Crippen molar-refractivity contribution in [2.75, 3.05) is 0 Å². The summed E-state index contributed by atoms with van der Waals surface area (Å²) in [5, 5.41) is 7.65. The molecule has 3 N–H and O–H groups in total. The summed E-state index contributed by atoms with van der Waals surface area (Å²) in [5.74, 6) is 1.04. The number of carbonyl (C=O) groups excluding carboxylic acids is 1. The monoisotopic (exact) mass is 391 g/mol. The van der Waals surface area contributed by atoms with E-state index in [1.54, 1.807) is 17.1 Å². The lowest BCUT2D eigenvalue weighted by atomic mass is 10.2. The van der Waals surface area contributed by atoms with Gasteiger partial charge in [-0.15, -0.1) is 0 Å². The molecular weight excluding hydrogens is 370 g/mol. The maximum absolute atomic E-state index is 12.4. The number of rotatable bonds is 7. The van der Waals surface area contributed by atoms with Crippen LogP contribution < -0.4 is 10.9 Å². The third-order valence-electron chi connectivity index (χ3n) is 4.67. The number of H-pyrrole nitrogens is 2. The van der Waals surface area contributed by atoms with E-state index >= 15 is 0 Å². The Bertz CT molecular complexity index is 1160. The summed E-state index contributed by atoms with van der Waals surface area (Å²) in [6.45, 7) is 1.98. The SMILES string of the molecule is CCC(NC(=O)CCc1nc2c(cnn2-c2ccccc2)c(=O)[nH]1)c1ncc[nH]1. The Kier molecular flexibility index (Phi) is 5.19. The van der Waals surface area contributed by atoms with Crippen LogP contribution in [0.3, 0.4) is 0 Å². The third kappa shape index (κ3) is 3.93. The molecule has 1 unspecified atom stereocenters. The second kappa shape index (κ2) is 8.09. The molecule has 148 valence electrons. The summed E-state index contributed by atoms with van der Waals surface area (Å²) in [6, 6.07) is 9.30. The van der Waals surface area contributed by atoms with Crippen molar-refractivity contribution in [1.29, 1.82) is 0 Å². The quantitative estimate of drug-likeness (QED) is 0.445. The van der Waals surface area contributed by atoms with Crippen molar-refractivity contribution in [3.63, 3.8) is 0 Å². The molecule has 0 aliphatic heterocycles. The number of imidazole rings is 1. The van der Waals surface area contributed by atoms with E-state index in [-0.39, 0.29) is 23.9 Å². The van der Waals surface area contributed by atoms with Gasteiger partial charge in [0, 0.05) is 25.2 Å². The lowest BCUT2D eigenvalue weighted by Crippen LogP contribution is -2.29. The van der Waals surface area contributed by atoms with Crippen LogP contribution in [-0.4, -0.2) is 35.6 Å². The maximum Gasteiger partial charge on any atom is 0.262 e. The first-order valence-electron chi connectivity index (χ1n) is 9.46. The highest BCUT2D eigenvalue weighted by Crippen LogP contribution is 2.14. The van der Waals surface area contributed by atoms with E-state index < -0.39 is 0 Å². The van der Waals surface area contributed by atoms with Gasteiger partial charge in [-0.05, 0) is 18.6 Å². The molecule has 0 bridgehead atoms. The summed E-state index contributed by atoms with van der Waals surface area (Å²) < 4.78 is 1.62. The Morgan fingerprint density at radius 3 is 2.83 bits per heavy atom. The molecule has 0 saturated carbocycles. The molecule has 1 atom stereocenters. The summed E-state index contributed by atoms with van der Waals surface area (Å²) in [4.78, 5) is 39.3. The van der Waals surface area contributed by atoms with Crippen LogP contribution in [0.5, 0.6) is 0 Å². The highest BCUT2D eigenvalue weighted by atomic mass is 16.1. The first kappa shape index (κ1) is 18.6. The second-order valence-electron chi connectivity index (χ2n) is 6.64. The zero-order valence-electron chi connectivity index (χ0n) is 15.9. The molecule has 29 heavy (non-hydrogen) atoms. The third-order valence-corrected chi connectivity index (χ3v) is 4.67. The molecule has 0 fully saturated rings. The minimum Gasteiger partial charge on any atom is -0.347 e. The van der Waals surface area contributed by atoms with E-state index in [9.17, 15) is 9.59 Å². The molecule has 4 rings (SSSR count). The lowest BCUT2D eigenvalue weighted by Gasteiger charge is -2.14. The lowest BCUT2D eigenvalue weighted by molar-refractivity contribution is -0.121. The number of hydrogen-bond donors (Lipinski definition) is 3. The average Bonchev–Trinajstić information content (AvgIpc) is 3.41. The first-order chi connectivity index (χ1) is 14.2. The second-order valence-corrected chi connectivity index (χ2v) is 6.64. The van der Waals surface area contributed by atoms with Crippen LogP contribution >= 0.6 is 0 Å². The predicted molar refractivity (Wildman–Crippen MR) is 108 cm³/mol. The molecule has 4 aromatic rings. The number of aryl methyl sites for hydroxylation is 1. The Morgan fingerprint density at radius 2 is 2.10 bits per heavy atom. The number of fused-ring (bicyclic) bond motifs is 1. The highest BCUT2D eigenvalue weighted by molar-refractivity contribution is 5.77. The summed E-state index contributed by atoms with van der Waals surface area (Å²) in [7, 11) is 0. The predicted octanol–water partition coefficient (Wildman–Crippen LogP) is 2.03. The van der Waals surface area contributed by atoms with Gasteiger partial charge in [-0.1, -0.05) is 25.1 Å². The van der Waals surface area contributed by atoms with Gasteiger partial charge in [-0.25, -0.2) is 14.6 Å². The van der Waals surface area contributed by atoms with Gasteiger partial charge in [-0.2, -0.15) is 5.10 Å². The average molecular weight is 391 g/mol. The molecule has 1 aromatic carbocycles. The Labute approximate surface area is 166 Å². The van der Waals surface area contributed by atoms with E-state index in [1.807, 2.05) is 37.3 Å². The van der Waals surface area contributed by atoms with Crippen molar-refractivity contribution in [2.24, 2.45) is 0 Å². The van der Waals surface area contributed by atoms with Crippen LogP contribution in [0.4, 0.5) is 0 Å². The van der Waals surface area contributed by atoms with Crippen molar-refractivity contribution in [1.82, 2.24) is 35.0 Å². The van der Waals surface area contributed by atoms with Crippen LogP contribution in [0.2, 0.25) is 0 Å². The number of aromatic amines is 2. The molecular formula is C20H21N7O2. The van der Waals surface area contributed by atoms with Gasteiger partial charge in [0.05, 0.1) is 17.9 Å². The van der Waals surface area contributed by atoms with Gasteiger partial charge in [0.15, 0.2) is 5.65 Å². The molecule has 9 nitrogen and oxygen atoms in total. The van der Waals surface area contributed by atoms with Crippen molar-refractivity contribution in [3.8, 4) is 5.69 Å². The van der Waals surface area contributed by atoms with Crippen molar-refractivity contribution in [3.05, 3.63) is 70.9 Å². The number of hydrogen-bond acceptors (Lipinski definition) is 5. The van der Waals surface area contributed by atoms with Crippen molar-refractivity contribution in [2.45, 2.75) is 32.2 Å². The molecule has 0 radical (unpaired) electrons. The van der Waals surface area contributed by atoms with Crippen LogP contribution in [0.1, 0.15) is 37.5 Å². The number of benzene rings is 1. The van der Waals surface area contributed by atoms with Gasteiger partial charge < -0.3 is 15.3 Å². The number of nitrogens with one attached hydrogen (secondary N) is 3. The van der Waals surface area contributed by atoms with Crippen molar-refractivity contribution >= 4 is 16.9 Å². The number of nitrogens with zero attached hydrogens (tertiary/aromatic N) is 4. The summed E-state index contributed by atoms with van der Waals surface area (Å²) >= 11 is 0. The van der Waals surface area contributed by atoms with E-state index in [0.29, 0.717) is 23.3 Å². The zero-order valence-corrected chi connectivity index (χ0v) is 15.9. The molecule has 0 saturated heterocycles. The fraction of sp³-hybridized carbons (Fsp3) is 0.250. The van der Waals surface area contributed by atoms with E-state index in [2.05, 4.69) is 30.4 Å². The topological polar surface area (TPSA) is 121 Å². The first-order valence-corrected chi connectivity index (χ1v) is 9.46. The standard InChI is InChI=1S/C20H21N7O2/c1-2-15(18-21-10-11-22-18)24-17(28)9-8-16-25-19-14(20(29)26-16)12-23-27(19)13-6-4-3-5-7-13/h3-7,10-12,15H,2,8-9H2,1H3,(H,21,22)(H,24,28)(H,25,26,29).